The van der Waals surface area contributed by atoms with Gasteiger partial charge in [0.25, 0.3) is 0 Å². The molecule has 1 atom stereocenters. The van der Waals surface area contributed by atoms with Gasteiger partial charge in [0, 0.05) is 31.9 Å². The summed E-state index contributed by atoms with van der Waals surface area (Å²) in [5, 5.41) is 9.80. The highest BCUT2D eigenvalue weighted by atomic mass is 19.1. The van der Waals surface area contributed by atoms with E-state index in [1.165, 1.54) is 17.0 Å². The Balaban J connectivity index is 1.94. The first-order chi connectivity index (χ1) is 12.4. The van der Waals surface area contributed by atoms with Crippen molar-refractivity contribution in [1.82, 2.24) is 25.3 Å². The van der Waals surface area contributed by atoms with Gasteiger partial charge in [0.1, 0.15) is 11.9 Å². The number of hydrogen-bond donors (Lipinski definition) is 2. The fraction of sp³-hybridized carbons (Fsp3) is 0.389. The van der Waals surface area contributed by atoms with Crippen LogP contribution in [0.1, 0.15) is 24.1 Å². The molecule has 2 rings (SSSR count). The predicted octanol–water partition coefficient (Wildman–Crippen LogP) is 0.985. The second-order valence-electron chi connectivity index (χ2n) is 5.92. The molecule has 7 nitrogen and oxygen atoms in total. The molecule has 1 aromatic carbocycles. The monoisotopic (exact) mass is 361 g/mol. The molecule has 1 aromatic heterocycles. The van der Waals surface area contributed by atoms with Gasteiger partial charge in [-0.2, -0.15) is 5.10 Å². The van der Waals surface area contributed by atoms with Crippen molar-refractivity contribution in [3.05, 3.63) is 53.6 Å². The van der Waals surface area contributed by atoms with Crippen molar-refractivity contribution in [1.29, 1.82) is 0 Å². The molecule has 0 saturated carbocycles. The van der Waals surface area contributed by atoms with Crippen LogP contribution in [0.4, 0.5) is 4.39 Å². The molecular formula is C18H24FN5O2. The Morgan fingerprint density at radius 2 is 2.00 bits per heavy atom. The molecule has 0 spiro atoms. The first-order valence-corrected chi connectivity index (χ1v) is 8.40. The van der Waals surface area contributed by atoms with Crippen LogP contribution in [0.5, 0.6) is 0 Å². The van der Waals surface area contributed by atoms with E-state index in [2.05, 4.69) is 15.7 Å². The number of halogens is 1. The summed E-state index contributed by atoms with van der Waals surface area (Å²) in [4.78, 5) is 26.4. The molecule has 2 aromatic rings. The second kappa shape index (κ2) is 9.10. The minimum absolute atomic E-state index is 0.0467. The van der Waals surface area contributed by atoms with E-state index < -0.39 is 6.04 Å². The number of benzene rings is 1. The number of aryl methyl sites for hydroxylation is 1. The summed E-state index contributed by atoms with van der Waals surface area (Å²) in [6, 6.07) is 5.34. The van der Waals surface area contributed by atoms with Gasteiger partial charge in [0.2, 0.25) is 11.8 Å². The molecule has 1 unspecified atom stereocenters. The quantitative estimate of drug-likeness (QED) is 0.735. The molecule has 0 aliphatic carbocycles. The van der Waals surface area contributed by atoms with Gasteiger partial charge in [-0.15, -0.1) is 0 Å². The Labute approximate surface area is 152 Å². The molecule has 2 N–H and O–H groups in total. The Kier molecular flexibility index (Phi) is 6.85. The molecule has 0 aliphatic rings. The number of likely N-dealkylation sites (N-methyl/N-ethyl adjacent to an activating group) is 2. The lowest BCUT2D eigenvalue weighted by Crippen LogP contribution is -2.44. The second-order valence-corrected chi connectivity index (χ2v) is 5.92. The van der Waals surface area contributed by atoms with Crippen molar-refractivity contribution < 1.29 is 14.0 Å². The van der Waals surface area contributed by atoms with Crippen LogP contribution < -0.4 is 10.6 Å². The summed E-state index contributed by atoms with van der Waals surface area (Å²) in [7, 11) is 3.47. The number of carbonyl (C=O) groups is 2. The van der Waals surface area contributed by atoms with Crippen molar-refractivity contribution in [2.75, 3.05) is 20.1 Å². The van der Waals surface area contributed by atoms with E-state index in [1.54, 1.807) is 43.3 Å². The third-order valence-electron chi connectivity index (χ3n) is 4.02. The van der Waals surface area contributed by atoms with Crippen molar-refractivity contribution >= 4 is 11.8 Å². The van der Waals surface area contributed by atoms with Crippen molar-refractivity contribution in [2.24, 2.45) is 7.05 Å². The van der Waals surface area contributed by atoms with Crippen LogP contribution in [0, 0.1) is 5.82 Å². The highest BCUT2D eigenvalue weighted by Crippen LogP contribution is 2.14. The van der Waals surface area contributed by atoms with Gasteiger partial charge in [0.15, 0.2) is 0 Å². The minimum Gasteiger partial charge on any atom is -0.350 e. The molecule has 0 bridgehead atoms. The normalized spacial score (nSPS) is 11.8. The standard InChI is InChI=1S/C18H24FN5O2/c1-4-24(18(26)17(20-2)14-10-22-23(3)11-14)12-16(25)21-9-13-5-7-15(19)8-6-13/h5-8,10-11,17,20H,4,9,12H2,1-3H3,(H,21,25). The van der Waals surface area contributed by atoms with Crippen LogP contribution in [0.3, 0.4) is 0 Å². The molecule has 0 aliphatic heterocycles. The Morgan fingerprint density at radius 1 is 1.31 bits per heavy atom. The van der Waals surface area contributed by atoms with E-state index in [0.29, 0.717) is 6.54 Å². The van der Waals surface area contributed by atoms with E-state index >= 15 is 0 Å². The molecule has 0 radical (unpaired) electrons. The maximum atomic E-state index is 12.9. The Morgan fingerprint density at radius 3 is 2.54 bits per heavy atom. The summed E-state index contributed by atoms with van der Waals surface area (Å²) in [5.41, 5.74) is 1.53. The van der Waals surface area contributed by atoms with E-state index in [9.17, 15) is 14.0 Å². The number of hydrogen-bond acceptors (Lipinski definition) is 4. The smallest absolute Gasteiger partial charge is 0.244 e. The predicted molar refractivity (Wildman–Crippen MR) is 95.5 cm³/mol. The van der Waals surface area contributed by atoms with Crippen LogP contribution in [0.25, 0.3) is 0 Å². The molecule has 26 heavy (non-hydrogen) atoms. The number of carbonyl (C=O) groups excluding carboxylic acids is 2. The van der Waals surface area contributed by atoms with Gasteiger partial charge in [-0.3, -0.25) is 14.3 Å². The van der Waals surface area contributed by atoms with Gasteiger partial charge >= 0.3 is 0 Å². The maximum Gasteiger partial charge on any atom is 0.244 e. The number of aromatic nitrogens is 2. The van der Waals surface area contributed by atoms with Crippen molar-refractivity contribution in [3.8, 4) is 0 Å². The minimum atomic E-state index is -0.562. The highest BCUT2D eigenvalue weighted by molar-refractivity contribution is 5.88. The summed E-state index contributed by atoms with van der Waals surface area (Å²) < 4.78 is 14.5. The number of amides is 2. The van der Waals surface area contributed by atoms with Gasteiger partial charge in [-0.1, -0.05) is 12.1 Å². The lowest BCUT2D eigenvalue weighted by molar-refractivity contribution is -0.137. The first-order valence-electron chi connectivity index (χ1n) is 8.40. The number of rotatable bonds is 8. The van der Waals surface area contributed by atoms with Crippen LogP contribution in [-0.2, 0) is 23.2 Å². The van der Waals surface area contributed by atoms with Crippen molar-refractivity contribution in [3.63, 3.8) is 0 Å². The van der Waals surface area contributed by atoms with E-state index in [1.807, 2.05) is 6.92 Å². The van der Waals surface area contributed by atoms with Crippen LogP contribution in [-0.4, -0.2) is 46.6 Å². The average Bonchev–Trinajstić information content (AvgIpc) is 3.05. The topological polar surface area (TPSA) is 79.3 Å². The third-order valence-corrected chi connectivity index (χ3v) is 4.02. The fourth-order valence-electron chi connectivity index (χ4n) is 2.58. The zero-order valence-electron chi connectivity index (χ0n) is 15.2. The van der Waals surface area contributed by atoms with E-state index in [4.69, 9.17) is 0 Å². The summed E-state index contributed by atoms with van der Waals surface area (Å²) >= 11 is 0. The molecule has 0 saturated heterocycles. The van der Waals surface area contributed by atoms with Gasteiger partial charge in [-0.25, -0.2) is 4.39 Å². The highest BCUT2D eigenvalue weighted by Gasteiger charge is 2.26. The molecule has 0 fully saturated rings. The maximum absolute atomic E-state index is 12.9. The van der Waals surface area contributed by atoms with Crippen LogP contribution >= 0.6 is 0 Å². The van der Waals surface area contributed by atoms with E-state index in [0.717, 1.165) is 11.1 Å². The first kappa shape index (κ1) is 19.6. The fourth-order valence-corrected chi connectivity index (χ4v) is 2.58. The molecule has 8 heteroatoms. The van der Waals surface area contributed by atoms with Crippen molar-refractivity contribution in [2.45, 2.75) is 19.5 Å². The average molecular weight is 361 g/mol. The number of nitrogens with zero attached hydrogens (tertiary/aromatic N) is 3. The summed E-state index contributed by atoms with van der Waals surface area (Å²) in [6.07, 6.45) is 3.39. The van der Waals surface area contributed by atoms with Gasteiger partial charge in [0.05, 0.1) is 12.7 Å². The lowest BCUT2D eigenvalue weighted by atomic mass is 10.1. The molecule has 2 amide bonds. The van der Waals surface area contributed by atoms with Gasteiger partial charge < -0.3 is 15.5 Å². The van der Waals surface area contributed by atoms with Crippen LogP contribution in [0.2, 0.25) is 0 Å². The summed E-state index contributed by atoms with van der Waals surface area (Å²) in [6.45, 7) is 2.46. The Hall–Kier alpha value is -2.74. The summed E-state index contributed by atoms with van der Waals surface area (Å²) in [5.74, 6) is -0.790. The zero-order valence-corrected chi connectivity index (χ0v) is 15.2. The largest absolute Gasteiger partial charge is 0.350 e. The van der Waals surface area contributed by atoms with Gasteiger partial charge in [-0.05, 0) is 31.7 Å². The van der Waals surface area contributed by atoms with E-state index in [-0.39, 0.29) is 30.7 Å². The Bertz CT molecular complexity index is 744. The molecular weight excluding hydrogens is 337 g/mol. The SMILES string of the molecule is CCN(CC(=O)NCc1ccc(F)cc1)C(=O)C(NC)c1cnn(C)c1. The molecule has 1 heterocycles. The number of nitrogens with one attached hydrogen (secondary N) is 2. The molecule has 140 valence electrons. The van der Waals surface area contributed by atoms with Crippen LogP contribution in [0.15, 0.2) is 36.7 Å². The lowest BCUT2D eigenvalue weighted by Gasteiger charge is -2.25. The zero-order chi connectivity index (χ0) is 19.1. The third kappa shape index (κ3) is 5.13.